The normalized spacial score (nSPS) is 22.2. The maximum atomic E-state index is 12.5. The van der Waals surface area contributed by atoms with E-state index in [1.165, 1.54) is 6.42 Å². The number of hydrogen-bond donors (Lipinski definition) is 1. The van der Waals surface area contributed by atoms with Crippen molar-refractivity contribution in [3.05, 3.63) is 23.8 Å². The van der Waals surface area contributed by atoms with E-state index in [0.717, 1.165) is 25.7 Å². The van der Waals surface area contributed by atoms with Crippen LogP contribution in [0.5, 0.6) is 11.5 Å². The third-order valence-electron chi connectivity index (χ3n) is 3.90. The van der Waals surface area contributed by atoms with Crippen LogP contribution in [0.4, 0.5) is 0 Å². The van der Waals surface area contributed by atoms with Gasteiger partial charge < -0.3 is 14.8 Å². The fraction of sp³-hybridized carbons (Fsp3) is 0.562. The molecule has 0 aliphatic heterocycles. The summed E-state index contributed by atoms with van der Waals surface area (Å²) in [6, 6.07) is 5.20. The molecule has 1 N–H and O–H groups in total. The van der Waals surface area contributed by atoms with Crippen LogP contribution in [0.1, 0.15) is 42.5 Å². The SMILES string of the molecule is COc1ccc(C(=O)NC2CCCCCC2Cl)c(OC)c1. The van der Waals surface area contributed by atoms with E-state index < -0.39 is 0 Å². The fourth-order valence-electron chi connectivity index (χ4n) is 2.66. The second kappa shape index (κ2) is 7.55. The number of alkyl halides is 1. The van der Waals surface area contributed by atoms with Gasteiger partial charge in [0.15, 0.2) is 0 Å². The Hall–Kier alpha value is -1.42. The highest BCUT2D eigenvalue weighted by atomic mass is 35.5. The van der Waals surface area contributed by atoms with Crippen LogP contribution in [0.2, 0.25) is 0 Å². The minimum Gasteiger partial charge on any atom is -0.497 e. The first kappa shape index (κ1) is 16.0. The van der Waals surface area contributed by atoms with Gasteiger partial charge in [0.2, 0.25) is 0 Å². The number of benzene rings is 1. The number of carbonyl (C=O) groups excluding carboxylic acids is 1. The lowest BCUT2D eigenvalue weighted by atomic mass is 10.1. The number of ether oxygens (including phenoxy) is 2. The number of methoxy groups -OCH3 is 2. The van der Waals surface area contributed by atoms with Crippen LogP contribution < -0.4 is 14.8 Å². The molecule has 0 radical (unpaired) electrons. The van der Waals surface area contributed by atoms with Gasteiger partial charge >= 0.3 is 0 Å². The lowest BCUT2D eigenvalue weighted by molar-refractivity contribution is 0.0931. The molecule has 116 valence electrons. The minimum atomic E-state index is -0.146. The topological polar surface area (TPSA) is 47.6 Å². The molecule has 21 heavy (non-hydrogen) atoms. The Labute approximate surface area is 130 Å². The predicted molar refractivity (Wildman–Crippen MR) is 83.5 cm³/mol. The molecule has 2 rings (SSSR count). The van der Waals surface area contributed by atoms with Crippen molar-refractivity contribution in [3.8, 4) is 11.5 Å². The van der Waals surface area contributed by atoms with Gasteiger partial charge in [-0.25, -0.2) is 0 Å². The van der Waals surface area contributed by atoms with Gasteiger partial charge in [0.1, 0.15) is 11.5 Å². The van der Waals surface area contributed by atoms with E-state index in [1.807, 2.05) is 0 Å². The molecule has 1 aliphatic rings. The summed E-state index contributed by atoms with van der Waals surface area (Å²) in [5, 5.41) is 3.05. The van der Waals surface area contributed by atoms with Gasteiger partial charge in [-0.1, -0.05) is 19.3 Å². The maximum Gasteiger partial charge on any atom is 0.255 e. The molecule has 1 aliphatic carbocycles. The molecule has 0 aromatic heterocycles. The third kappa shape index (κ3) is 4.03. The molecule has 2 atom stereocenters. The molecule has 0 saturated heterocycles. The summed E-state index contributed by atoms with van der Waals surface area (Å²) in [5.41, 5.74) is 0.506. The number of carbonyl (C=O) groups is 1. The van der Waals surface area contributed by atoms with Crippen molar-refractivity contribution in [2.24, 2.45) is 0 Å². The second-order valence-corrected chi connectivity index (χ2v) is 5.86. The maximum absolute atomic E-state index is 12.5. The number of hydrogen-bond acceptors (Lipinski definition) is 3. The van der Waals surface area contributed by atoms with Crippen molar-refractivity contribution >= 4 is 17.5 Å². The van der Waals surface area contributed by atoms with Crippen LogP contribution >= 0.6 is 11.6 Å². The van der Waals surface area contributed by atoms with Gasteiger partial charge in [-0.3, -0.25) is 4.79 Å². The predicted octanol–water partition coefficient (Wildman–Crippen LogP) is 3.37. The van der Waals surface area contributed by atoms with Crippen LogP contribution in [0.25, 0.3) is 0 Å². The highest BCUT2D eigenvalue weighted by Gasteiger charge is 2.24. The van der Waals surface area contributed by atoms with E-state index in [1.54, 1.807) is 32.4 Å². The van der Waals surface area contributed by atoms with Crippen LogP contribution in [0.15, 0.2) is 18.2 Å². The van der Waals surface area contributed by atoms with E-state index in [0.29, 0.717) is 17.1 Å². The summed E-state index contributed by atoms with van der Waals surface area (Å²) in [5.74, 6) is 1.02. The quantitative estimate of drug-likeness (QED) is 0.685. The van der Waals surface area contributed by atoms with Crippen LogP contribution in [0, 0.1) is 0 Å². The highest BCUT2D eigenvalue weighted by Crippen LogP contribution is 2.26. The fourth-order valence-corrected chi connectivity index (χ4v) is 3.00. The number of nitrogens with one attached hydrogen (secondary N) is 1. The van der Waals surface area contributed by atoms with Crippen molar-refractivity contribution < 1.29 is 14.3 Å². The smallest absolute Gasteiger partial charge is 0.255 e. The molecule has 2 unspecified atom stereocenters. The lowest BCUT2D eigenvalue weighted by Gasteiger charge is -2.21. The Balaban J connectivity index is 2.12. The number of amides is 1. The number of halogens is 1. The molecule has 1 aromatic rings. The zero-order valence-corrected chi connectivity index (χ0v) is 13.3. The Morgan fingerprint density at radius 3 is 2.67 bits per heavy atom. The molecule has 4 nitrogen and oxygen atoms in total. The molecule has 1 saturated carbocycles. The molecule has 1 fully saturated rings. The van der Waals surface area contributed by atoms with E-state index >= 15 is 0 Å². The Bertz CT molecular complexity index is 492. The molecule has 1 aromatic carbocycles. The molecule has 5 heteroatoms. The second-order valence-electron chi connectivity index (χ2n) is 5.30. The van der Waals surface area contributed by atoms with Crippen LogP contribution in [0.3, 0.4) is 0 Å². The average Bonchev–Trinajstić information content (AvgIpc) is 2.71. The third-order valence-corrected chi connectivity index (χ3v) is 4.42. The first-order valence-corrected chi connectivity index (χ1v) is 7.76. The molecular weight excluding hydrogens is 290 g/mol. The molecule has 1 amide bonds. The van der Waals surface area contributed by atoms with Crippen molar-refractivity contribution in [2.75, 3.05) is 14.2 Å². The first-order chi connectivity index (χ1) is 10.2. The van der Waals surface area contributed by atoms with E-state index in [-0.39, 0.29) is 17.3 Å². The lowest BCUT2D eigenvalue weighted by Crippen LogP contribution is -2.40. The van der Waals surface area contributed by atoms with Gasteiger partial charge in [-0.15, -0.1) is 11.6 Å². The van der Waals surface area contributed by atoms with E-state index in [2.05, 4.69) is 5.32 Å². The minimum absolute atomic E-state index is 0.000642. The Kier molecular flexibility index (Phi) is 5.74. The van der Waals surface area contributed by atoms with Gasteiger partial charge in [-0.2, -0.15) is 0 Å². The van der Waals surface area contributed by atoms with Crippen molar-refractivity contribution in [1.29, 1.82) is 0 Å². The van der Waals surface area contributed by atoms with Crippen molar-refractivity contribution in [1.82, 2.24) is 5.32 Å². The van der Waals surface area contributed by atoms with Crippen molar-refractivity contribution in [3.63, 3.8) is 0 Å². The van der Waals surface area contributed by atoms with Gasteiger partial charge in [0, 0.05) is 12.1 Å². The Morgan fingerprint density at radius 2 is 1.95 bits per heavy atom. The average molecular weight is 312 g/mol. The van der Waals surface area contributed by atoms with Gasteiger partial charge in [0.25, 0.3) is 5.91 Å². The van der Waals surface area contributed by atoms with Gasteiger partial charge in [-0.05, 0) is 25.0 Å². The summed E-state index contributed by atoms with van der Waals surface area (Å²) in [4.78, 5) is 12.5. The number of rotatable bonds is 4. The van der Waals surface area contributed by atoms with Crippen LogP contribution in [-0.4, -0.2) is 31.5 Å². The first-order valence-electron chi connectivity index (χ1n) is 7.32. The summed E-state index contributed by atoms with van der Waals surface area (Å²) in [6.07, 6.45) is 5.30. The molecular formula is C16H22ClNO3. The molecule has 0 heterocycles. The molecule has 0 bridgehead atoms. The summed E-state index contributed by atoms with van der Waals surface area (Å²) in [6.45, 7) is 0. The largest absolute Gasteiger partial charge is 0.497 e. The molecule has 0 spiro atoms. The Morgan fingerprint density at radius 1 is 1.19 bits per heavy atom. The summed E-state index contributed by atoms with van der Waals surface area (Å²) >= 11 is 6.37. The van der Waals surface area contributed by atoms with E-state index in [9.17, 15) is 4.79 Å². The van der Waals surface area contributed by atoms with E-state index in [4.69, 9.17) is 21.1 Å². The zero-order chi connectivity index (χ0) is 15.2. The summed E-state index contributed by atoms with van der Waals surface area (Å²) < 4.78 is 10.4. The monoisotopic (exact) mass is 311 g/mol. The zero-order valence-electron chi connectivity index (χ0n) is 12.5. The van der Waals surface area contributed by atoms with Gasteiger partial charge in [0.05, 0.1) is 25.2 Å². The highest BCUT2D eigenvalue weighted by molar-refractivity contribution is 6.21. The van der Waals surface area contributed by atoms with Crippen molar-refractivity contribution in [2.45, 2.75) is 43.5 Å². The van der Waals surface area contributed by atoms with Crippen LogP contribution in [-0.2, 0) is 0 Å². The standard InChI is InChI=1S/C16H22ClNO3/c1-20-11-8-9-12(15(10-11)21-2)16(19)18-14-7-5-3-4-6-13(14)17/h8-10,13-14H,3-7H2,1-2H3,(H,18,19). The summed E-state index contributed by atoms with van der Waals surface area (Å²) in [7, 11) is 3.12.